The van der Waals surface area contributed by atoms with Gasteiger partial charge in [0.05, 0.1) is 18.4 Å². The van der Waals surface area contributed by atoms with Gasteiger partial charge in [0.2, 0.25) is 0 Å². The molecule has 1 N–H and O–H groups in total. The number of nitrogens with one attached hydrogen (secondary N) is 1. The molecule has 4 aliphatic rings. The Balaban J connectivity index is 1.65. The molecular formula is C18H22N2O. The molecule has 5 rings (SSSR count). The highest BCUT2D eigenvalue weighted by Gasteiger charge is 2.51. The molecule has 0 atom stereocenters. The van der Waals surface area contributed by atoms with Gasteiger partial charge in [0.1, 0.15) is 11.8 Å². The highest BCUT2D eigenvalue weighted by Crippen LogP contribution is 2.56. The number of methoxy groups -OCH3 is 1. The predicted octanol–water partition coefficient (Wildman–Crippen LogP) is 3.95. The van der Waals surface area contributed by atoms with Gasteiger partial charge >= 0.3 is 0 Å². The first-order chi connectivity index (χ1) is 10.2. The lowest BCUT2D eigenvalue weighted by Crippen LogP contribution is -2.54. The number of nitrogens with zero attached hydrogens (tertiary/aromatic N) is 1. The highest BCUT2D eigenvalue weighted by atomic mass is 16.5. The highest BCUT2D eigenvalue weighted by molar-refractivity contribution is 5.62. The summed E-state index contributed by atoms with van der Waals surface area (Å²) in [7, 11) is 1.68. The normalized spacial score (nSPS) is 36.3. The second kappa shape index (κ2) is 4.66. The first kappa shape index (κ1) is 13.0. The Morgan fingerprint density at radius 1 is 1.14 bits per heavy atom. The van der Waals surface area contributed by atoms with E-state index < -0.39 is 0 Å². The molecule has 4 aliphatic carbocycles. The summed E-state index contributed by atoms with van der Waals surface area (Å²) in [6.45, 7) is 0. The first-order valence-electron chi connectivity index (χ1n) is 8.06. The van der Waals surface area contributed by atoms with Crippen LogP contribution in [0, 0.1) is 29.1 Å². The minimum atomic E-state index is 0.229. The van der Waals surface area contributed by atoms with Crippen LogP contribution in [0.1, 0.15) is 44.1 Å². The molecule has 0 aromatic heterocycles. The van der Waals surface area contributed by atoms with Gasteiger partial charge in [-0.3, -0.25) is 0 Å². The van der Waals surface area contributed by atoms with E-state index in [-0.39, 0.29) is 5.54 Å². The van der Waals surface area contributed by atoms with Gasteiger partial charge in [-0.05, 0) is 68.4 Å². The fourth-order valence-electron chi connectivity index (χ4n) is 5.40. The molecule has 4 fully saturated rings. The summed E-state index contributed by atoms with van der Waals surface area (Å²) >= 11 is 0. The van der Waals surface area contributed by atoms with Gasteiger partial charge < -0.3 is 10.1 Å². The van der Waals surface area contributed by atoms with Crippen molar-refractivity contribution in [2.24, 2.45) is 17.8 Å². The molecule has 1 aromatic rings. The van der Waals surface area contributed by atoms with Crippen molar-refractivity contribution in [3.05, 3.63) is 23.8 Å². The van der Waals surface area contributed by atoms with Crippen molar-refractivity contribution < 1.29 is 4.74 Å². The number of anilines is 1. The summed E-state index contributed by atoms with van der Waals surface area (Å²) in [5, 5.41) is 13.1. The maximum Gasteiger partial charge on any atom is 0.121 e. The Bertz CT molecular complexity index is 566. The van der Waals surface area contributed by atoms with Crippen LogP contribution in [0.3, 0.4) is 0 Å². The summed E-state index contributed by atoms with van der Waals surface area (Å²) in [4.78, 5) is 0. The number of nitriles is 1. The van der Waals surface area contributed by atoms with E-state index in [2.05, 4.69) is 11.4 Å². The molecule has 0 saturated heterocycles. The van der Waals surface area contributed by atoms with Gasteiger partial charge in [0.15, 0.2) is 0 Å². The zero-order valence-electron chi connectivity index (χ0n) is 12.6. The third-order valence-corrected chi connectivity index (χ3v) is 5.79. The molecule has 21 heavy (non-hydrogen) atoms. The van der Waals surface area contributed by atoms with Crippen LogP contribution in [0.25, 0.3) is 0 Å². The van der Waals surface area contributed by atoms with Gasteiger partial charge in [-0.25, -0.2) is 0 Å². The molecule has 4 saturated carbocycles. The molecule has 0 spiro atoms. The molecule has 0 radical (unpaired) electrons. The standard InChI is InChI=1S/C18H22N2O/c1-21-16-3-2-15(11-19)17(7-16)20-18-8-12-4-13(9-18)6-14(5-12)10-18/h2-3,7,12-14,20H,4-6,8-10H2,1H3. The van der Waals surface area contributed by atoms with E-state index in [1.807, 2.05) is 18.2 Å². The van der Waals surface area contributed by atoms with Gasteiger partial charge in [0, 0.05) is 11.6 Å². The van der Waals surface area contributed by atoms with E-state index >= 15 is 0 Å². The largest absolute Gasteiger partial charge is 0.497 e. The number of benzene rings is 1. The summed E-state index contributed by atoms with van der Waals surface area (Å²) < 4.78 is 5.33. The van der Waals surface area contributed by atoms with Gasteiger partial charge in [-0.1, -0.05) is 0 Å². The van der Waals surface area contributed by atoms with Crippen molar-refractivity contribution in [1.29, 1.82) is 5.26 Å². The fraction of sp³-hybridized carbons (Fsp3) is 0.611. The lowest BCUT2D eigenvalue weighted by molar-refractivity contribution is 0.0107. The molecule has 1 aromatic carbocycles. The Morgan fingerprint density at radius 3 is 2.29 bits per heavy atom. The van der Waals surface area contributed by atoms with Gasteiger partial charge in [-0.2, -0.15) is 5.26 Å². The number of rotatable bonds is 3. The van der Waals surface area contributed by atoms with E-state index in [1.165, 1.54) is 38.5 Å². The topological polar surface area (TPSA) is 45.0 Å². The second-order valence-electron chi connectivity index (χ2n) is 7.35. The van der Waals surface area contributed by atoms with Crippen molar-refractivity contribution in [2.45, 2.75) is 44.1 Å². The predicted molar refractivity (Wildman–Crippen MR) is 82.2 cm³/mol. The van der Waals surface area contributed by atoms with Crippen molar-refractivity contribution in [3.63, 3.8) is 0 Å². The second-order valence-corrected chi connectivity index (χ2v) is 7.35. The number of ether oxygens (including phenoxy) is 1. The summed E-state index contributed by atoms with van der Waals surface area (Å²) in [6, 6.07) is 8.02. The minimum Gasteiger partial charge on any atom is -0.497 e. The lowest BCUT2D eigenvalue weighted by Gasteiger charge is -2.57. The van der Waals surface area contributed by atoms with Crippen LogP contribution in [0.2, 0.25) is 0 Å². The Labute approximate surface area is 126 Å². The molecule has 3 nitrogen and oxygen atoms in total. The van der Waals surface area contributed by atoms with Crippen LogP contribution < -0.4 is 10.1 Å². The van der Waals surface area contributed by atoms with Gasteiger partial charge in [0.25, 0.3) is 0 Å². The van der Waals surface area contributed by atoms with Crippen molar-refractivity contribution >= 4 is 5.69 Å². The van der Waals surface area contributed by atoms with Crippen LogP contribution in [0.4, 0.5) is 5.69 Å². The SMILES string of the molecule is COc1ccc(C#N)c(NC23CC4CC(CC(C4)C2)C3)c1. The molecule has 3 heteroatoms. The van der Waals surface area contributed by atoms with Crippen molar-refractivity contribution in [2.75, 3.05) is 12.4 Å². The van der Waals surface area contributed by atoms with Crippen LogP contribution >= 0.6 is 0 Å². The third-order valence-electron chi connectivity index (χ3n) is 5.79. The van der Waals surface area contributed by atoms with Crippen LogP contribution in [-0.4, -0.2) is 12.6 Å². The summed E-state index contributed by atoms with van der Waals surface area (Å²) in [5.41, 5.74) is 1.91. The molecule has 4 bridgehead atoms. The summed E-state index contributed by atoms with van der Waals surface area (Å²) in [6.07, 6.45) is 8.14. The fourth-order valence-corrected chi connectivity index (χ4v) is 5.40. The Kier molecular flexibility index (Phi) is 2.89. The molecular weight excluding hydrogens is 260 g/mol. The third kappa shape index (κ3) is 2.18. The van der Waals surface area contributed by atoms with E-state index in [4.69, 9.17) is 4.74 Å². The first-order valence-corrected chi connectivity index (χ1v) is 8.06. The molecule has 110 valence electrons. The zero-order valence-corrected chi connectivity index (χ0v) is 12.6. The molecule has 0 heterocycles. The number of hydrogen-bond donors (Lipinski definition) is 1. The maximum atomic E-state index is 9.36. The van der Waals surface area contributed by atoms with Gasteiger partial charge in [-0.15, -0.1) is 0 Å². The van der Waals surface area contributed by atoms with E-state index in [1.54, 1.807) is 7.11 Å². The van der Waals surface area contributed by atoms with Crippen molar-refractivity contribution in [1.82, 2.24) is 0 Å². The van der Waals surface area contributed by atoms with Crippen LogP contribution in [0.5, 0.6) is 5.75 Å². The Hall–Kier alpha value is -1.69. The molecule has 0 aliphatic heterocycles. The Morgan fingerprint density at radius 2 is 1.76 bits per heavy atom. The molecule has 0 unspecified atom stereocenters. The minimum absolute atomic E-state index is 0.229. The average molecular weight is 282 g/mol. The van der Waals surface area contributed by atoms with Crippen LogP contribution in [-0.2, 0) is 0 Å². The zero-order chi connectivity index (χ0) is 14.4. The van der Waals surface area contributed by atoms with Crippen molar-refractivity contribution in [3.8, 4) is 11.8 Å². The summed E-state index contributed by atoms with van der Waals surface area (Å²) in [5.74, 6) is 3.53. The maximum absolute atomic E-state index is 9.36. The monoisotopic (exact) mass is 282 g/mol. The molecule has 0 amide bonds. The lowest BCUT2D eigenvalue weighted by atomic mass is 9.53. The number of hydrogen-bond acceptors (Lipinski definition) is 3. The van der Waals surface area contributed by atoms with Crippen LogP contribution in [0.15, 0.2) is 18.2 Å². The van der Waals surface area contributed by atoms with E-state index in [0.717, 1.165) is 34.8 Å². The van der Waals surface area contributed by atoms with E-state index in [9.17, 15) is 5.26 Å². The van der Waals surface area contributed by atoms with E-state index in [0.29, 0.717) is 0 Å². The quantitative estimate of drug-likeness (QED) is 0.913. The average Bonchev–Trinajstić information content (AvgIpc) is 2.45. The smallest absolute Gasteiger partial charge is 0.121 e.